The summed E-state index contributed by atoms with van der Waals surface area (Å²) in [5, 5.41) is 2.86. The Balaban J connectivity index is 1.98. The Morgan fingerprint density at radius 1 is 1.46 bits per heavy atom. The summed E-state index contributed by atoms with van der Waals surface area (Å²) in [5.74, 6) is -0.141. The van der Waals surface area contributed by atoms with E-state index in [1.807, 2.05) is 20.8 Å². The van der Waals surface area contributed by atoms with Crippen LogP contribution in [0.3, 0.4) is 0 Å². The van der Waals surface area contributed by atoms with Crippen LogP contribution in [0.5, 0.6) is 0 Å². The van der Waals surface area contributed by atoms with Gasteiger partial charge >= 0.3 is 0 Å². The smallest absolute Gasteiger partial charge is 0.253 e. The molecule has 2 heterocycles. The van der Waals surface area contributed by atoms with E-state index in [1.54, 1.807) is 16.8 Å². The van der Waals surface area contributed by atoms with Crippen molar-refractivity contribution in [2.45, 2.75) is 58.8 Å². The zero-order valence-corrected chi connectivity index (χ0v) is 14.8. The molecule has 1 fully saturated rings. The number of hydrogen-bond acceptors (Lipinski definition) is 4. The third-order valence-electron chi connectivity index (χ3n) is 4.07. The number of rotatable bonds is 8. The third-order valence-corrected chi connectivity index (χ3v) is 4.07. The molecule has 0 unspecified atom stereocenters. The molecule has 1 aromatic heterocycles. The van der Waals surface area contributed by atoms with Gasteiger partial charge < -0.3 is 19.4 Å². The van der Waals surface area contributed by atoms with Gasteiger partial charge in [-0.15, -0.1) is 0 Å². The van der Waals surface area contributed by atoms with Crippen LogP contribution in [0.25, 0.3) is 0 Å². The molecule has 1 aliphatic rings. The molecule has 0 bridgehead atoms. The number of carbonyl (C=O) groups is 1. The number of hydrogen-bond donors (Lipinski definition) is 1. The first-order chi connectivity index (χ1) is 11.5. The maximum Gasteiger partial charge on any atom is 0.253 e. The molecule has 6 heteroatoms. The summed E-state index contributed by atoms with van der Waals surface area (Å²) in [4.78, 5) is 24.3. The van der Waals surface area contributed by atoms with Crippen molar-refractivity contribution >= 4 is 11.6 Å². The molecule has 6 nitrogen and oxygen atoms in total. The summed E-state index contributed by atoms with van der Waals surface area (Å²) in [6.07, 6.45) is 4.11. The van der Waals surface area contributed by atoms with Crippen molar-refractivity contribution < 1.29 is 14.3 Å². The molecule has 0 aliphatic carbocycles. The lowest BCUT2D eigenvalue weighted by Crippen LogP contribution is -2.37. The molecular weight excluding hydrogens is 308 g/mol. The SMILES string of the molecule is CCCn1cc(NC(=O)[C@H](OC[C@@H]2CCCO2)C(C)C)ccc1=O. The fourth-order valence-electron chi connectivity index (χ4n) is 2.79. The van der Waals surface area contributed by atoms with E-state index in [9.17, 15) is 9.59 Å². The molecule has 1 saturated heterocycles. The van der Waals surface area contributed by atoms with Crippen LogP contribution in [-0.2, 0) is 20.8 Å². The molecule has 1 amide bonds. The lowest BCUT2D eigenvalue weighted by molar-refractivity contribution is -0.132. The second-order valence-electron chi connectivity index (χ2n) is 6.57. The first-order valence-corrected chi connectivity index (χ1v) is 8.75. The van der Waals surface area contributed by atoms with E-state index in [4.69, 9.17) is 9.47 Å². The Hall–Kier alpha value is -1.66. The third kappa shape index (κ3) is 5.18. The normalized spacial score (nSPS) is 18.8. The van der Waals surface area contributed by atoms with E-state index in [2.05, 4.69) is 5.32 Å². The molecule has 24 heavy (non-hydrogen) atoms. The number of aryl methyl sites for hydroxylation is 1. The van der Waals surface area contributed by atoms with E-state index in [-0.39, 0.29) is 23.5 Å². The first kappa shape index (κ1) is 18.7. The zero-order valence-electron chi connectivity index (χ0n) is 14.8. The highest BCUT2D eigenvalue weighted by Gasteiger charge is 2.26. The van der Waals surface area contributed by atoms with Gasteiger partial charge in [0.25, 0.3) is 11.5 Å². The van der Waals surface area contributed by atoms with Gasteiger partial charge in [-0.25, -0.2) is 0 Å². The van der Waals surface area contributed by atoms with Crippen molar-refractivity contribution in [2.24, 2.45) is 5.92 Å². The lowest BCUT2D eigenvalue weighted by atomic mass is 10.1. The predicted octanol–water partition coefficient (Wildman–Crippen LogP) is 2.42. The number of nitrogens with one attached hydrogen (secondary N) is 1. The standard InChI is InChI=1S/C18H28N2O4/c1-4-9-20-11-14(7-8-16(20)21)19-18(22)17(13(2)3)24-12-15-6-5-10-23-15/h7-8,11,13,15,17H,4-6,9-10,12H2,1-3H3,(H,19,22)/t15-,17+/m0/s1. The van der Waals surface area contributed by atoms with Gasteiger partial charge in [0.05, 0.1) is 18.4 Å². The Morgan fingerprint density at radius 3 is 2.88 bits per heavy atom. The quantitative estimate of drug-likeness (QED) is 0.791. The number of ether oxygens (including phenoxy) is 2. The Bertz CT molecular complexity index is 591. The van der Waals surface area contributed by atoms with E-state index in [1.165, 1.54) is 6.07 Å². The largest absolute Gasteiger partial charge is 0.376 e. The maximum atomic E-state index is 12.5. The van der Waals surface area contributed by atoms with E-state index in [0.29, 0.717) is 18.8 Å². The molecule has 1 aromatic rings. The van der Waals surface area contributed by atoms with Gasteiger partial charge in [-0.3, -0.25) is 9.59 Å². The highest BCUT2D eigenvalue weighted by Crippen LogP contribution is 2.16. The minimum Gasteiger partial charge on any atom is -0.376 e. The second kappa shape index (κ2) is 8.99. The number of anilines is 1. The van der Waals surface area contributed by atoms with Crippen molar-refractivity contribution in [3.8, 4) is 0 Å². The van der Waals surface area contributed by atoms with Gasteiger partial charge in [0.2, 0.25) is 0 Å². The van der Waals surface area contributed by atoms with E-state index >= 15 is 0 Å². The maximum absolute atomic E-state index is 12.5. The van der Waals surface area contributed by atoms with Crippen LogP contribution in [-0.4, -0.2) is 35.9 Å². The number of nitrogens with zero attached hydrogens (tertiary/aromatic N) is 1. The predicted molar refractivity (Wildman–Crippen MR) is 93.2 cm³/mol. The summed E-state index contributed by atoms with van der Waals surface area (Å²) < 4.78 is 13.0. The number of amides is 1. The van der Waals surface area contributed by atoms with Gasteiger partial charge in [-0.05, 0) is 31.2 Å². The van der Waals surface area contributed by atoms with Crippen LogP contribution in [0.4, 0.5) is 5.69 Å². The summed E-state index contributed by atoms with van der Waals surface area (Å²) in [6.45, 7) is 7.75. The van der Waals surface area contributed by atoms with Gasteiger partial charge in [0.15, 0.2) is 0 Å². The van der Waals surface area contributed by atoms with Crippen LogP contribution in [0.2, 0.25) is 0 Å². The van der Waals surface area contributed by atoms with Crippen molar-refractivity contribution in [3.05, 3.63) is 28.7 Å². The molecule has 1 N–H and O–H groups in total. The number of aromatic nitrogens is 1. The highest BCUT2D eigenvalue weighted by atomic mass is 16.5. The van der Waals surface area contributed by atoms with Crippen LogP contribution < -0.4 is 10.9 Å². The van der Waals surface area contributed by atoms with E-state index < -0.39 is 6.10 Å². The van der Waals surface area contributed by atoms with Gasteiger partial charge in [-0.2, -0.15) is 0 Å². The van der Waals surface area contributed by atoms with E-state index in [0.717, 1.165) is 25.9 Å². The minimum absolute atomic E-state index is 0.0490. The average Bonchev–Trinajstić information content (AvgIpc) is 3.04. The van der Waals surface area contributed by atoms with Crippen LogP contribution >= 0.6 is 0 Å². The summed E-state index contributed by atoms with van der Waals surface area (Å²) in [6, 6.07) is 3.10. The average molecular weight is 336 g/mol. The Kier molecular flexibility index (Phi) is 6.99. The molecule has 0 spiro atoms. The number of carbonyl (C=O) groups excluding carboxylic acids is 1. The van der Waals surface area contributed by atoms with Crippen LogP contribution in [0.1, 0.15) is 40.0 Å². The molecule has 2 atom stereocenters. The summed E-state index contributed by atoms with van der Waals surface area (Å²) >= 11 is 0. The Labute approximate surface area is 143 Å². The lowest BCUT2D eigenvalue weighted by Gasteiger charge is -2.22. The second-order valence-corrected chi connectivity index (χ2v) is 6.57. The van der Waals surface area contributed by atoms with Crippen LogP contribution in [0.15, 0.2) is 23.1 Å². The van der Waals surface area contributed by atoms with Crippen molar-refractivity contribution in [2.75, 3.05) is 18.5 Å². The summed E-state index contributed by atoms with van der Waals surface area (Å²) in [5.41, 5.74) is 0.546. The fraction of sp³-hybridized carbons (Fsp3) is 0.667. The summed E-state index contributed by atoms with van der Waals surface area (Å²) in [7, 11) is 0. The molecule has 0 saturated carbocycles. The zero-order chi connectivity index (χ0) is 17.5. The van der Waals surface area contributed by atoms with Crippen LogP contribution in [0, 0.1) is 5.92 Å². The monoisotopic (exact) mass is 336 g/mol. The van der Waals surface area contributed by atoms with Gasteiger partial charge in [0, 0.05) is 25.4 Å². The molecule has 0 aromatic carbocycles. The van der Waals surface area contributed by atoms with Gasteiger partial charge in [-0.1, -0.05) is 20.8 Å². The first-order valence-electron chi connectivity index (χ1n) is 8.75. The molecule has 134 valence electrons. The number of pyridine rings is 1. The molecule has 1 aliphatic heterocycles. The van der Waals surface area contributed by atoms with Crippen molar-refractivity contribution in [3.63, 3.8) is 0 Å². The Morgan fingerprint density at radius 2 is 2.25 bits per heavy atom. The van der Waals surface area contributed by atoms with Crippen molar-refractivity contribution in [1.82, 2.24) is 4.57 Å². The topological polar surface area (TPSA) is 69.6 Å². The minimum atomic E-state index is -0.541. The molecule has 2 rings (SSSR count). The van der Waals surface area contributed by atoms with Gasteiger partial charge in [0.1, 0.15) is 6.10 Å². The molecule has 0 radical (unpaired) electrons. The highest BCUT2D eigenvalue weighted by molar-refractivity contribution is 5.94. The fourth-order valence-corrected chi connectivity index (χ4v) is 2.79. The molecular formula is C18H28N2O4. The van der Waals surface area contributed by atoms with Crippen molar-refractivity contribution in [1.29, 1.82) is 0 Å².